The Bertz CT molecular complexity index is 502. The van der Waals surface area contributed by atoms with Gasteiger partial charge in [-0.25, -0.2) is 9.78 Å². The highest BCUT2D eigenvalue weighted by Gasteiger charge is 2.29. The summed E-state index contributed by atoms with van der Waals surface area (Å²) >= 11 is 0. The van der Waals surface area contributed by atoms with Gasteiger partial charge in [-0.05, 0) is 51.2 Å². The van der Waals surface area contributed by atoms with Gasteiger partial charge in [0.25, 0.3) is 0 Å². The molecule has 0 saturated carbocycles. The van der Waals surface area contributed by atoms with Crippen LogP contribution in [0.3, 0.4) is 0 Å². The lowest BCUT2D eigenvalue weighted by Crippen LogP contribution is -2.35. The third kappa shape index (κ3) is 5.40. The van der Waals surface area contributed by atoms with Gasteiger partial charge < -0.3 is 14.4 Å². The number of hydrogen-bond acceptors (Lipinski definition) is 4. The van der Waals surface area contributed by atoms with Crippen LogP contribution >= 0.6 is 13.5 Å². The molecule has 22 heavy (non-hydrogen) atoms. The summed E-state index contributed by atoms with van der Waals surface area (Å²) in [5, 5.41) is 0. The first-order valence-electron chi connectivity index (χ1n) is 7.34. The van der Waals surface area contributed by atoms with Crippen LogP contribution in [-0.4, -0.2) is 41.8 Å². The number of carbonyl (C=O) groups is 1. The van der Waals surface area contributed by atoms with E-state index in [-0.39, 0.29) is 19.6 Å². The summed E-state index contributed by atoms with van der Waals surface area (Å²) in [6.07, 6.45) is 3.48. The highest BCUT2D eigenvalue weighted by Crippen LogP contribution is 2.23. The van der Waals surface area contributed by atoms with Gasteiger partial charge in [0.1, 0.15) is 5.60 Å². The standard InChI is InChI=1S/C16H24N2O3.H2S/c1-16(2,3)21-15(19)18-8-6-13(11-18)9-12-5-7-17-14(10-12)20-4;/h5,7,10,13H,6,8-9,11H2,1-4H3;1H2/t13-;/m1./s1. The minimum Gasteiger partial charge on any atom is -0.481 e. The van der Waals surface area contributed by atoms with Gasteiger partial charge in [0.2, 0.25) is 5.88 Å². The molecule has 1 aromatic rings. The average molecular weight is 326 g/mol. The van der Waals surface area contributed by atoms with Crippen molar-refractivity contribution in [3.05, 3.63) is 23.9 Å². The molecule has 1 atom stereocenters. The Morgan fingerprint density at radius 2 is 2.18 bits per heavy atom. The van der Waals surface area contributed by atoms with E-state index in [9.17, 15) is 4.79 Å². The number of aromatic nitrogens is 1. The summed E-state index contributed by atoms with van der Waals surface area (Å²) in [7, 11) is 1.62. The first kappa shape index (κ1) is 18.6. The topological polar surface area (TPSA) is 51.7 Å². The van der Waals surface area contributed by atoms with Crippen LogP contribution in [0.2, 0.25) is 0 Å². The maximum atomic E-state index is 12.0. The smallest absolute Gasteiger partial charge is 0.410 e. The molecule has 1 aliphatic heterocycles. The van der Waals surface area contributed by atoms with E-state index in [4.69, 9.17) is 9.47 Å². The van der Waals surface area contributed by atoms with Crippen LogP contribution in [0, 0.1) is 5.92 Å². The Morgan fingerprint density at radius 3 is 2.82 bits per heavy atom. The van der Waals surface area contributed by atoms with Gasteiger partial charge in [0, 0.05) is 25.4 Å². The Labute approximate surface area is 139 Å². The molecule has 1 fully saturated rings. The second-order valence-electron chi connectivity index (χ2n) is 6.49. The Kier molecular flexibility index (Phi) is 6.53. The van der Waals surface area contributed by atoms with Crippen molar-refractivity contribution < 1.29 is 14.3 Å². The molecule has 0 radical (unpaired) electrons. The SMILES string of the molecule is COc1cc(C[C@H]2CCN(C(=O)OC(C)(C)C)C2)ccn1.S. The van der Waals surface area contributed by atoms with Crippen molar-refractivity contribution in [2.45, 2.75) is 39.2 Å². The van der Waals surface area contributed by atoms with Crippen molar-refractivity contribution in [3.63, 3.8) is 0 Å². The number of carbonyl (C=O) groups excluding carboxylic acids is 1. The predicted octanol–water partition coefficient (Wildman–Crippen LogP) is 3.00. The molecule has 0 aliphatic carbocycles. The zero-order valence-corrected chi connectivity index (χ0v) is 14.8. The third-order valence-electron chi connectivity index (χ3n) is 3.47. The lowest BCUT2D eigenvalue weighted by atomic mass is 9.99. The Morgan fingerprint density at radius 1 is 1.45 bits per heavy atom. The number of amides is 1. The summed E-state index contributed by atoms with van der Waals surface area (Å²) in [6.45, 7) is 7.19. The monoisotopic (exact) mass is 326 g/mol. The first-order chi connectivity index (χ1) is 9.87. The van der Waals surface area contributed by atoms with Crippen LogP contribution in [0.4, 0.5) is 4.79 Å². The average Bonchev–Trinajstić information content (AvgIpc) is 2.85. The van der Waals surface area contributed by atoms with Crippen LogP contribution < -0.4 is 4.74 Å². The number of rotatable bonds is 3. The zero-order valence-electron chi connectivity index (χ0n) is 13.8. The minimum absolute atomic E-state index is 0. The van der Waals surface area contributed by atoms with E-state index in [1.54, 1.807) is 18.2 Å². The summed E-state index contributed by atoms with van der Waals surface area (Å²) in [4.78, 5) is 17.9. The van der Waals surface area contributed by atoms with Gasteiger partial charge in [-0.1, -0.05) is 0 Å². The molecular formula is C16H26N2O3S. The van der Waals surface area contributed by atoms with Gasteiger partial charge in [0.05, 0.1) is 7.11 Å². The van der Waals surface area contributed by atoms with Gasteiger partial charge in [-0.15, -0.1) is 0 Å². The highest BCUT2D eigenvalue weighted by molar-refractivity contribution is 7.59. The molecule has 5 nitrogen and oxygen atoms in total. The van der Waals surface area contributed by atoms with E-state index in [1.165, 1.54) is 5.56 Å². The molecule has 1 aromatic heterocycles. The Hall–Kier alpha value is -1.43. The van der Waals surface area contributed by atoms with Gasteiger partial charge in [-0.2, -0.15) is 13.5 Å². The third-order valence-corrected chi connectivity index (χ3v) is 3.47. The van der Waals surface area contributed by atoms with Crippen LogP contribution in [0.1, 0.15) is 32.8 Å². The van der Waals surface area contributed by atoms with E-state index in [1.807, 2.05) is 32.9 Å². The molecule has 2 heterocycles. The summed E-state index contributed by atoms with van der Waals surface area (Å²) in [5.41, 5.74) is 0.756. The molecule has 6 heteroatoms. The molecule has 1 saturated heterocycles. The van der Waals surface area contributed by atoms with Crippen LogP contribution in [0.25, 0.3) is 0 Å². The number of hydrogen-bond donors (Lipinski definition) is 0. The quantitative estimate of drug-likeness (QED) is 0.857. The van der Waals surface area contributed by atoms with E-state index in [2.05, 4.69) is 4.98 Å². The second kappa shape index (κ2) is 7.72. The zero-order chi connectivity index (χ0) is 15.5. The Balaban J connectivity index is 0.00000242. The van der Waals surface area contributed by atoms with Crippen LogP contribution in [-0.2, 0) is 11.2 Å². The van der Waals surface area contributed by atoms with E-state index in [0.717, 1.165) is 25.9 Å². The van der Waals surface area contributed by atoms with Crippen molar-refractivity contribution in [2.75, 3.05) is 20.2 Å². The predicted molar refractivity (Wildman–Crippen MR) is 90.8 cm³/mol. The van der Waals surface area contributed by atoms with Crippen LogP contribution in [0.15, 0.2) is 18.3 Å². The largest absolute Gasteiger partial charge is 0.481 e. The fourth-order valence-electron chi connectivity index (χ4n) is 2.51. The van der Waals surface area contributed by atoms with E-state index < -0.39 is 5.60 Å². The molecule has 124 valence electrons. The normalized spacial score (nSPS) is 17.8. The molecule has 0 bridgehead atoms. The number of ether oxygens (including phenoxy) is 2. The van der Waals surface area contributed by atoms with Gasteiger partial charge >= 0.3 is 6.09 Å². The van der Waals surface area contributed by atoms with Gasteiger partial charge in [-0.3, -0.25) is 0 Å². The molecule has 0 spiro atoms. The molecule has 1 aliphatic rings. The van der Waals surface area contributed by atoms with Crippen molar-refractivity contribution in [1.82, 2.24) is 9.88 Å². The summed E-state index contributed by atoms with van der Waals surface area (Å²) in [6, 6.07) is 3.95. The number of likely N-dealkylation sites (tertiary alicyclic amines) is 1. The maximum absolute atomic E-state index is 12.0. The van der Waals surface area contributed by atoms with E-state index >= 15 is 0 Å². The van der Waals surface area contributed by atoms with Crippen molar-refractivity contribution in [1.29, 1.82) is 0 Å². The molecule has 0 aromatic carbocycles. The number of nitrogens with zero attached hydrogens (tertiary/aromatic N) is 2. The van der Waals surface area contributed by atoms with Crippen molar-refractivity contribution >= 4 is 19.6 Å². The number of pyridine rings is 1. The maximum Gasteiger partial charge on any atom is 0.410 e. The first-order valence-corrected chi connectivity index (χ1v) is 7.34. The molecular weight excluding hydrogens is 300 g/mol. The minimum atomic E-state index is -0.437. The van der Waals surface area contributed by atoms with E-state index in [0.29, 0.717) is 11.8 Å². The van der Waals surface area contributed by atoms with Crippen LogP contribution in [0.5, 0.6) is 5.88 Å². The lowest BCUT2D eigenvalue weighted by Gasteiger charge is -2.24. The molecule has 0 unspecified atom stereocenters. The van der Waals surface area contributed by atoms with Crippen molar-refractivity contribution in [2.24, 2.45) is 5.92 Å². The second-order valence-corrected chi connectivity index (χ2v) is 6.49. The lowest BCUT2D eigenvalue weighted by molar-refractivity contribution is 0.0288. The summed E-state index contributed by atoms with van der Waals surface area (Å²) < 4.78 is 10.6. The highest BCUT2D eigenvalue weighted by atomic mass is 32.1. The molecule has 1 amide bonds. The number of methoxy groups -OCH3 is 1. The fraction of sp³-hybridized carbons (Fsp3) is 0.625. The van der Waals surface area contributed by atoms with Crippen molar-refractivity contribution in [3.8, 4) is 5.88 Å². The summed E-state index contributed by atoms with van der Waals surface area (Å²) in [5.74, 6) is 1.10. The fourth-order valence-corrected chi connectivity index (χ4v) is 2.51. The van der Waals surface area contributed by atoms with Gasteiger partial charge in [0.15, 0.2) is 0 Å². The molecule has 0 N–H and O–H groups in total. The molecule has 2 rings (SSSR count).